The molecule has 0 N–H and O–H groups in total. The van der Waals surface area contributed by atoms with Gasteiger partial charge in [0.05, 0.1) is 17.2 Å². The van der Waals surface area contributed by atoms with Gasteiger partial charge in [-0.2, -0.15) is 0 Å². The van der Waals surface area contributed by atoms with Gasteiger partial charge >= 0.3 is 0 Å². The second-order valence-corrected chi connectivity index (χ2v) is 4.48. The molecule has 94 valence electrons. The molecule has 0 unspecified atom stereocenters. The van der Waals surface area contributed by atoms with Crippen molar-refractivity contribution in [3.8, 4) is 0 Å². The molecule has 18 heavy (non-hydrogen) atoms. The number of hydrogen-bond acceptors (Lipinski definition) is 2. The van der Waals surface area contributed by atoms with E-state index in [1.165, 1.54) is 6.08 Å². The number of carbonyl (C=O) groups excluding carboxylic acids is 2. The van der Waals surface area contributed by atoms with E-state index in [1.54, 1.807) is 30.3 Å². The summed E-state index contributed by atoms with van der Waals surface area (Å²) in [7, 11) is 0. The monoisotopic (exact) mass is 311 g/mol. The van der Waals surface area contributed by atoms with Crippen LogP contribution in [0.15, 0.2) is 36.4 Å². The average molecular weight is 312 g/mol. The van der Waals surface area contributed by atoms with Crippen molar-refractivity contribution in [1.29, 1.82) is 0 Å². The van der Waals surface area contributed by atoms with Gasteiger partial charge in [-0.1, -0.05) is 40.2 Å². The van der Waals surface area contributed by atoms with E-state index in [0.29, 0.717) is 16.5 Å². The summed E-state index contributed by atoms with van der Waals surface area (Å²) in [4.78, 5) is 25.1. The Morgan fingerprint density at radius 3 is 2.22 bits per heavy atom. The molecule has 0 fully saturated rings. The lowest BCUT2D eigenvalue weighted by Crippen LogP contribution is -2.40. The van der Waals surface area contributed by atoms with Crippen LogP contribution >= 0.6 is 15.9 Å². The first kappa shape index (κ1) is 13.0. The predicted molar refractivity (Wildman–Crippen MR) is 69.6 cm³/mol. The first-order chi connectivity index (χ1) is 8.70. The standard InChI is InChI=1S/C13H11BrFNO2/c14-7-3-4-9(8-15)16-12(17)10-5-1-2-6-11(10)13(16)18/h1-6,9H,7-8H2/b4-3+/t9-/m1/s1. The third-order valence-corrected chi connectivity index (χ3v) is 3.14. The molecule has 0 spiro atoms. The predicted octanol–water partition coefficient (Wildman–Crippen LogP) is 2.57. The molecule has 3 nitrogen and oxygen atoms in total. The van der Waals surface area contributed by atoms with Gasteiger partial charge in [0, 0.05) is 5.33 Å². The molecule has 0 aliphatic carbocycles. The third-order valence-electron chi connectivity index (χ3n) is 2.76. The smallest absolute Gasteiger partial charge is 0.262 e. The fourth-order valence-electron chi connectivity index (χ4n) is 1.92. The van der Waals surface area contributed by atoms with Crippen LogP contribution in [-0.4, -0.2) is 34.8 Å². The number of allylic oxidation sites excluding steroid dienone is 1. The zero-order chi connectivity index (χ0) is 13.1. The van der Waals surface area contributed by atoms with Crippen molar-refractivity contribution in [2.75, 3.05) is 12.0 Å². The summed E-state index contributed by atoms with van der Waals surface area (Å²) in [5.41, 5.74) is 0.682. The number of rotatable bonds is 4. The van der Waals surface area contributed by atoms with E-state index in [0.717, 1.165) is 4.90 Å². The van der Waals surface area contributed by atoms with Crippen LogP contribution in [0.1, 0.15) is 20.7 Å². The highest BCUT2D eigenvalue weighted by Gasteiger charge is 2.38. The summed E-state index contributed by atoms with van der Waals surface area (Å²) in [6.07, 6.45) is 3.20. The molecule has 1 aliphatic heterocycles. The summed E-state index contributed by atoms with van der Waals surface area (Å²) >= 11 is 3.18. The fraction of sp³-hybridized carbons (Fsp3) is 0.231. The molecule has 0 aromatic heterocycles. The summed E-state index contributed by atoms with van der Waals surface area (Å²) < 4.78 is 13.0. The maximum Gasteiger partial charge on any atom is 0.262 e. The van der Waals surface area contributed by atoms with Gasteiger partial charge in [0.1, 0.15) is 6.67 Å². The number of nitrogens with zero attached hydrogens (tertiary/aromatic N) is 1. The lowest BCUT2D eigenvalue weighted by atomic mass is 10.1. The molecule has 1 aliphatic rings. The van der Waals surface area contributed by atoms with Crippen LogP contribution in [0.4, 0.5) is 4.39 Å². The van der Waals surface area contributed by atoms with Gasteiger partial charge in [-0.15, -0.1) is 0 Å². The van der Waals surface area contributed by atoms with Crippen molar-refractivity contribution in [2.45, 2.75) is 6.04 Å². The molecule has 0 bridgehead atoms. The first-order valence-electron chi connectivity index (χ1n) is 5.46. The van der Waals surface area contributed by atoms with Crippen molar-refractivity contribution in [3.63, 3.8) is 0 Å². The van der Waals surface area contributed by atoms with Crippen LogP contribution in [-0.2, 0) is 0 Å². The molecule has 2 amide bonds. The van der Waals surface area contributed by atoms with Crippen LogP contribution < -0.4 is 0 Å². The summed E-state index contributed by atoms with van der Waals surface area (Å²) in [6.45, 7) is -0.783. The Morgan fingerprint density at radius 2 is 1.78 bits per heavy atom. The minimum Gasteiger partial charge on any atom is -0.269 e. The van der Waals surface area contributed by atoms with Crippen molar-refractivity contribution in [1.82, 2.24) is 4.90 Å². The normalized spacial score (nSPS) is 16.4. The quantitative estimate of drug-likeness (QED) is 0.487. The van der Waals surface area contributed by atoms with Crippen LogP contribution in [0.5, 0.6) is 0 Å². The molecule has 5 heteroatoms. The van der Waals surface area contributed by atoms with Gasteiger partial charge in [0.25, 0.3) is 11.8 Å². The molecular weight excluding hydrogens is 301 g/mol. The molecule has 0 radical (unpaired) electrons. The number of carbonyl (C=O) groups is 2. The van der Waals surface area contributed by atoms with E-state index in [9.17, 15) is 14.0 Å². The van der Waals surface area contributed by atoms with Crippen LogP contribution in [0.25, 0.3) is 0 Å². The maximum absolute atomic E-state index is 13.0. The van der Waals surface area contributed by atoms with Crippen molar-refractivity contribution in [2.24, 2.45) is 0 Å². The number of halogens is 2. The summed E-state index contributed by atoms with van der Waals surface area (Å²) in [5, 5.41) is 0.548. The highest BCUT2D eigenvalue weighted by atomic mass is 79.9. The van der Waals surface area contributed by atoms with E-state index in [2.05, 4.69) is 15.9 Å². The first-order valence-corrected chi connectivity index (χ1v) is 6.58. The number of alkyl halides is 2. The zero-order valence-corrected chi connectivity index (χ0v) is 11.1. The Morgan fingerprint density at radius 1 is 1.22 bits per heavy atom. The molecule has 1 aromatic carbocycles. The van der Waals surface area contributed by atoms with Crippen molar-refractivity contribution in [3.05, 3.63) is 47.5 Å². The van der Waals surface area contributed by atoms with E-state index < -0.39 is 24.5 Å². The van der Waals surface area contributed by atoms with Crippen LogP contribution in [0, 0.1) is 0 Å². The SMILES string of the molecule is O=C1c2ccccc2C(=O)N1[C@H](/C=C/CBr)CF. The molecule has 0 saturated heterocycles. The van der Waals surface area contributed by atoms with Crippen molar-refractivity contribution >= 4 is 27.7 Å². The topological polar surface area (TPSA) is 37.4 Å². The van der Waals surface area contributed by atoms with Gasteiger partial charge in [-0.25, -0.2) is 4.39 Å². The minimum absolute atomic E-state index is 0.341. The van der Waals surface area contributed by atoms with Crippen LogP contribution in [0.3, 0.4) is 0 Å². The number of imide groups is 1. The van der Waals surface area contributed by atoms with E-state index in [1.807, 2.05) is 0 Å². The maximum atomic E-state index is 13.0. The molecular formula is C13H11BrFNO2. The molecule has 1 heterocycles. The van der Waals surface area contributed by atoms with Gasteiger partial charge in [0.2, 0.25) is 0 Å². The van der Waals surface area contributed by atoms with Crippen molar-refractivity contribution < 1.29 is 14.0 Å². The average Bonchev–Trinajstić information content (AvgIpc) is 2.65. The third kappa shape index (κ3) is 2.10. The molecule has 2 rings (SSSR count). The summed E-state index contributed by atoms with van der Waals surface area (Å²) in [6, 6.07) is 5.70. The Balaban J connectivity index is 2.35. The van der Waals surface area contributed by atoms with Crippen LogP contribution in [0.2, 0.25) is 0 Å². The number of amides is 2. The number of hydrogen-bond donors (Lipinski definition) is 0. The number of fused-ring (bicyclic) bond motifs is 1. The summed E-state index contributed by atoms with van der Waals surface area (Å²) in [5.74, 6) is -0.866. The van der Waals surface area contributed by atoms with E-state index in [-0.39, 0.29) is 0 Å². The largest absolute Gasteiger partial charge is 0.269 e. The van der Waals surface area contributed by atoms with Gasteiger partial charge in [0.15, 0.2) is 0 Å². The molecule has 0 saturated carbocycles. The highest BCUT2D eigenvalue weighted by molar-refractivity contribution is 9.09. The molecule has 1 atom stereocenters. The number of benzene rings is 1. The highest BCUT2D eigenvalue weighted by Crippen LogP contribution is 2.25. The Kier molecular flexibility index (Phi) is 3.91. The zero-order valence-electron chi connectivity index (χ0n) is 9.48. The van der Waals surface area contributed by atoms with E-state index in [4.69, 9.17) is 0 Å². The van der Waals surface area contributed by atoms with Gasteiger partial charge in [-0.3, -0.25) is 14.5 Å². The van der Waals surface area contributed by atoms with E-state index >= 15 is 0 Å². The minimum atomic E-state index is -0.838. The Bertz CT molecular complexity index is 480. The molecule has 1 aromatic rings. The Labute approximate surface area is 112 Å². The van der Waals surface area contributed by atoms with Gasteiger partial charge < -0.3 is 0 Å². The fourth-order valence-corrected chi connectivity index (χ4v) is 2.14. The lowest BCUT2D eigenvalue weighted by Gasteiger charge is -2.20. The Hall–Kier alpha value is -1.49. The second-order valence-electron chi connectivity index (χ2n) is 3.83. The van der Waals surface area contributed by atoms with Gasteiger partial charge in [-0.05, 0) is 12.1 Å². The lowest BCUT2D eigenvalue weighted by molar-refractivity contribution is 0.0596. The second kappa shape index (κ2) is 5.44.